The van der Waals surface area contributed by atoms with E-state index < -0.39 is 0 Å². The molecule has 1 aliphatic carbocycles. The molecule has 15 heavy (non-hydrogen) atoms. The van der Waals surface area contributed by atoms with E-state index in [0.717, 1.165) is 5.82 Å². The maximum Gasteiger partial charge on any atom is 0.110 e. The van der Waals surface area contributed by atoms with Crippen molar-refractivity contribution in [1.29, 1.82) is 0 Å². The topological polar surface area (TPSA) is 9.23 Å². The van der Waals surface area contributed by atoms with Crippen molar-refractivity contribution >= 4 is 7.28 Å². The largest absolute Gasteiger partial charge is 0.376 e. The molecule has 1 aliphatic rings. The molecule has 0 amide bonds. The minimum absolute atomic E-state index is 0.393. The van der Waals surface area contributed by atoms with Gasteiger partial charge in [-0.15, -0.1) is 0 Å². The molecule has 0 N–H and O–H groups in total. The molecule has 0 bridgehead atoms. The first kappa shape index (κ1) is 13.1. The normalized spacial score (nSPS) is 29.3. The van der Waals surface area contributed by atoms with Crippen LogP contribution in [0.15, 0.2) is 0 Å². The van der Waals surface area contributed by atoms with Crippen molar-refractivity contribution in [1.82, 2.24) is 0 Å². The van der Waals surface area contributed by atoms with Gasteiger partial charge in [0.2, 0.25) is 0 Å². The third-order valence-corrected chi connectivity index (χ3v) is 3.39. The molecule has 0 aliphatic heterocycles. The second kappa shape index (κ2) is 7.32. The van der Waals surface area contributed by atoms with Crippen LogP contribution in [0.4, 0.5) is 0 Å². The molecular formula is C13H26BO. The molecule has 1 fully saturated rings. The Labute approximate surface area is 96.2 Å². The van der Waals surface area contributed by atoms with Crippen molar-refractivity contribution in [2.75, 3.05) is 0 Å². The van der Waals surface area contributed by atoms with Crippen molar-refractivity contribution in [3.05, 3.63) is 0 Å². The first-order chi connectivity index (χ1) is 7.22. The summed E-state index contributed by atoms with van der Waals surface area (Å²) in [7, 11) is 2.39. The average Bonchev–Trinajstić information content (AvgIpc) is 2.29. The predicted octanol–water partition coefficient (Wildman–Crippen LogP) is 4.07. The van der Waals surface area contributed by atoms with Gasteiger partial charge < -0.3 is 4.74 Å². The lowest BCUT2D eigenvalue weighted by atomic mass is 9.63. The predicted molar refractivity (Wildman–Crippen MR) is 67.7 cm³/mol. The summed E-state index contributed by atoms with van der Waals surface area (Å²) in [5.41, 5.74) is 0. The first-order valence-corrected chi connectivity index (χ1v) is 6.67. The van der Waals surface area contributed by atoms with Crippen molar-refractivity contribution in [2.45, 2.75) is 83.6 Å². The van der Waals surface area contributed by atoms with E-state index in [-0.39, 0.29) is 0 Å². The van der Waals surface area contributed by atoms with Gasteiger partial charge in [0.05, 0.1) is 12.2 Å². The Morgan fingerprint density at radius 3 is 2.27 bits per heavy atom. The second-order valence-corrected chi connectivity index (χ2v) is 5.12. The average molecular weight is 209 g/mol. The molecule has 1 radical (unpaired) electrons. The Morgan fingerprint density at radius 2 is 1.60 bits per heavy atom. The maximum absolute atomic E-state index is 5.94. The Balaban J connectivity index is 2.31. The van der Waals surface area contributed by atoms with Crippen molar-refractivity contribution in [3.63, 3.8) is 0 Å². The van der Waals surface area contributed by atoms with Crippen LogP contribution in [0.1, 0.15) is 58.8 Å². The van der Waals surface area contributed by atoms with Crippen molar-refractivity contribution in [2.24, 2.45) is 0 Å². The van der Waals surface area contributed by atoms with Crippen LogP contribution < -0.4 is 0 Å². The molecule has 0 aromatic rings. The molecular weight excluding hydrogens is 183 g/mol. The van der Waals surface area contributed by atoms with Gasteiger partial charge in [0.25, 0.3) is 0 Å². The van der Waals surface area contributed by atoms with Gasteiger partial charge in [0.15, 0.2) is 0 Å². The van der Waals surface area contributed by atoms with Crippen LogP contribution in [0.3, 0.4) is 0 Å². The lowest BCUT2D eigenvalue weighted by molar-refractivity contribution is -0.00300. The molecule has 1 nitrogen and oxygen atoms in total. The van der Waals surface area contributed by atoms with E-state index in [1.165, 1.54) is 44.9 Å². The van der Waals surface area contributed by atoms with E-state index in [0.29, 0.717) is 12.2 Å². The van der Waals surface area contributed by atoms with Gasteiger partial charge in [-0.3, -0.25) is 0 Å². The van der Waals surface area contributed by atoms with Crippen LogP contribution >= 0.6 is 0 Å². The zero-order chi connectivity index (χ0) is 11.1. The van der Waals surface area contributed by atoms with Crippen LogP contribution in [0.25, 0.3) is 0 Å². The van der Waals surface area contributed by atoms with Gasteiger partial charge in [-0.25, -0.2) is 0 Å². The molecule has 2 unspecified atom stereocenters. The first-order valence-electron chi connectivity index (χ1n) is 6.67. The molecule has 0 spiro atoms. The summed E-state index contributed by atoms with van der Waals surface area (Å²) in [5, 5.41) is 0. The quantitative estimate of drug-likeness (QED) is 0.636. The lowest BCUT2D eigenvalue weighted by Gasteiger charge is -2.19. The van der Waals surface area contributed by atoms with Gasteiger partial charge in [0.1, 0.15) is 7.28 Å². The molecule has 2 heteroatoms. The van der Waals surface area contributed by atoms with E-state index in [9.17, 15) is 0 Å². The number of rotatable bonds is 3. The van der Waals surface area contributed by atoms with Crippen LogP contribution in [-0.2, 0) is 4.74 Å². The third kappa shape index (κ3) is 5.60. The van der Waals surface area contributed by atoms with Gasteiger partial charge in [-0.05, 0) is 26.7 Å². The molecule has 2 atom stereocenters. The number of hydrogen-bond donors (Lipinski definition) is 0. The molecule has 1 rings (SSSR count). The smallest absolute Gasteiger partial charge is 0.110 e. The van der Waals surface area contributed by atoms with E-state index in [4.69, 9.17) is 4.74 Å². The van der Waals surface area contributed by atoms with Gasteiger partial charge >= 0.3 is 0 Å². The van der Waals surface area contributed by atoms with Gasteiger partial charge in [-0.2, -0.15) is 0 Å². The fraction of sp³-hybridized carbons (Fsp3) is 1.00. The summed E-state index contributed by atoms with van der Waals surface area (Å²) >= 11 is 0. The van der Waals surface area contributed by atoms with E-state index in [2.05, 4.69) is 28.0 Å². The van der Waals surface area contributed by atoms with Crippen molar-refractivity contribution in [3.8, 4) is 0 Å². The molecule has 0 saturated heterocycles. The van der Waals surface area contributed by atoms with E-state index >= 15 is 0 Å². The molecule has 0 aromatic carbocycles. The maximum atomic E-state index is 5.94. The zero-order valence-electron chi connectivity index (χ0n) is 10.7. The van der Waals surface area contributed by atoms with Gasteiger partial charge in [0, 0.05) is 0 Å². The summed E-state index contributed by atoms with van der Waals surface area (Å²) in [5.74, 6) is 0.864. The summed E-state index contributed by atoms with van der Waals surface area (Å²) in [6, 6.07) is 0. The minimum Gasteiger partial charge on any atom is -0.376 e. The van der Waals surface area contributed by atoms with E-state index in [1.807, 2.05) is 0 Å². The second-order valence-electron chi connectivity index (χ2n) is 5.12. The Morgan fingerprint density at radius 1 is 1.00 bits per heavy atom. The SMILES string of the molecule is C[B]C1CCCCC(OC(C)C)CCC1. The monoisotopic (exact) mass is 209 g/mol. The van der Waals surface area contributed by atoms with Crippen LogP contribution in [0.5, 0.6) is 0 Å². The lowest BCUT2D eigenvalue weighted by Crippen LogP contribution is -2.17. The van der Waals surface area contributed by atoms with Crippen molar-refractivity contribution < 1.29 is 4.74 Å². The summed E-state index contributed by atoms with van der Waals surface area (Å²) in [6.45, 7) is 6.51. The number of hydrogen-bond acceptors (Lipinski definition) is 1. The third-order valence-electron chi connectivity index (χ3n) is 3.39. The highest BCUT2D eigenvalue weighted by Gasteiger charge is 2.15. The highest BCUT2D eigenvalue weighted by Crippen LogP contribution is 2.26. The van der Waals surface area contributed by atoms with Crippen LogP contribution in [0.2, 0.25) is 12.6 Å². The van der Waals surface area contributed by atoms with E-state index in [1.54, 1.807) is 0 Å². The standard InChI is InChI=1S/C13H26BO/c1-11(2)15-13-9-5-4-7-12(14-3)8-6-10-13/h11-13H,4-10H2,1-3H3. The Kier molecular flexibility index (Phi) is 6.39. The Bertz CT molecular complexity index is 159. The zero-order valence-corrected chi connectivity index (χ0v) is 10.7. The highest BCUT2D eigenvalue weighted by molar-refractivity contribution is 6.35. The van der Waals surface area contributed by atoms with Crippen LogP contribution in [0, 0.1) is 0 Å². The summed E-state index contributed by atoms with van der Waals surface area (Å²) in [6.07, 6.45) is 10.3. The van der Waals surface area contributed by atoms with Crippen LogP contribution in [-0.4, -0.2) is 19.5 Å². The minimum atomic E-state index is 0.393. The molecule has 0 aromatic heterocycles. The summed E-state index contributed by atoms with van der Waals surface area (Å²) in [4.78, 5) is 0. The summed E-state index contributed by atoms with van der Waals surface area (Å²) < 4.78 is 5.94. The Hall–Kier alpha value is 0.0249. The molecule has 87 valence electrons. The molecule has 1 saturated carbocycles. The highest BCUT2D eigenvalue weighted by atomic mass is 16.5. The van der Waals surface area contributed by atoms with Gasteiger partial charge in [-0.1, -0.05) is 44.7 Å². The molecule has 0 heterocycles. The number of ether oxygens (including phenoxy) is 1. The fourth-order valence-corrected chi connectivity index (χ4v) is 2.53. The fourth-order valence-electron chi connectivity index (χ4n) is 2.53.